The molecular formula is C20H16N4O5. The molecule has 4 aromatic rings. The summed E-state index contributed by atoms with van der Waals surface area (Å²) in [6.45, 7) is -0.132. The number of carbonyl (C=O) groups is 1. The van der Waals surface area contributed by atoms with Crippen molar-refractivity contribution in [3.8, 4) is 11.5 Å². The van der Waals surface area contributed by atoms with Crippen LogP contribution in [0, 0.1) is 10.1 Å². The minimum absolute atomic E-state index is 0.0300. The van der Waals surface area contributed by atoms with E-state index >= 15 is 0 Å². The van der Waals surface area contributed by atoms with Gasteiger partial charge in [0.15, 0.2) is 6.61 Å². The van der Waals surface area contributed by atoms with Crippen molar-refractivity contribution < 1.29 is 18.9 Å². The van der Waals surface area contributed by atoms with E-state index in [4.69, 9.17) is 9.15 Å². The van der Waals surface area contributed by atoms with Crippen LogP contribution in [0.15, 0.2) is 59.1 Å². The molecule has 9 nitrogen and oxygen atoms in total. The number of aromatic nitrogens is 3. The average Bonchev–Trinajstić information content (AvgIpc) is 3.38. The zero-order valence-corrected chi connectivity index (χ0v) is 15.2. The van der Waals surface area contributed by atoms with Gasteiger partial charge < -0.3 is 14.1 Å². The molecule has 29 heavy (non-hydrogen) atoms. The molecular weight excluding hydrogens is 376 g/mol. The molecule has 0 atom stereocenters. The molecule has 2 aromatic heterocycles. The van der Waals surface area contributed by atoms with E-state index in [2.05, 4.69) is 15.2 Å². The highest BCUT2D eigenvalue weighted by Crippen LogP contribution is 2.22. The number of carbonyl (C=O) groups excluding carboxylic acids is 1. The molecule has 4 rings (SSSR count). The number of H-pyrrole nitrogens is 1. The van der Waals surface area contributed by atoms with E-state index < -0.39 is 4.92 Å². The number of hydrogen-bond donors (Lipinski definition) is 1. The summed E-state index contributed by atoms with van der Waals surface area (Å²) >= 11 is 0. The number of ether oxygens (including phenoxy) is 1. The number of nitro benzene ring substituents is 1. The number of aryl methyl sites for hydroxylation is 1. The first-order chi connectivity index (χ1) is 14.1. The highest BCUT2D eigenvalue weighted by molar-refractivity contribution is 5.83. The second kappa shape index (κ2) is 7.93. The maximum Gasteiger partial charge on any atom is 0.306 e. The number of nitro groups is 1. The third kappa shape index (κ3) is 4.13. The van der Waals surface area contributed by atoms with Gasteiger partial charge in [-0.15, -0.1) is 10.2 Å². The molecule has 0 aliphatic heterocycles. The van der Waals surface area contributed by atoms with Crippen molar-refractivity contribution >= 4 is 22.6 Å². The van der Waals surface area contributed by atoms with Gasteiger partial charge in [-0.2, -0.15) is 0 Å². The highest BCUT2D eigenvalue weighted by atomic mass is 16.6. The van der Waals surface area contributed by atoms with Crippen LogP contribution in [0.25, 0.3) is 22.4 Å². The number of hydrogen-bond acceptors (Lipinski definition) is 7. The van der Waals surface area contributed by atoms with E-state index in [1.807, 2.05) is 30.5 Å². The molecule has 0 amide bonds. The van der Waals surface area contributed by atoms with Crippen molar-refractivity contribution in [3.05, 3.63) is 76.3 Å². The largest absolute Gasteiger partial charge is 0.456 e. The van der Waals surface area contributed by atoms with Crippen molar-refractivity contribution in [2.75, 3.05) is 0 Å². The smallest absolute Gasteiger partial charge is 0.306 e. The minimum atomic E-state index is -0.487. The zero-order chi connectivity index (χ0) is 20.2. The molecule has 9 heteroatoms. The number of non-ortho nitro benzene ring substituents is 1. The molecule has 0 unspecified atom stereocenters. The summed E-state index contributed by atoms with van der Waals surface area (Å²) in [6.07, 6.45) is 2.68. The summed E-state index contributed by atoms with van der Waals surface area (Å²) in [5, 5.41) is 19.5. The number of rotatable bonds is 7. The van der Waals surface area contributed by atoms with Crippen LogP contribution in [0.1, 0.15) is 17.9 Å². The Morgan fingerprint density at radius 2 is 1.93 bits per heavy atom. The molecule has 0 fully saturated rings. The van der Waals surface area contributed by atoms with E-state index in [1.165, 1.54) is 24.3 Å². The van der Waals surface area contributed by atoms with Gasteiger partial charge in [-0.3, -0.25) is 14.9 Å². The van der Waals surface area contributed by atoms with Gasteiger partial charge in [0.05, 0.1) is 4.92 Å². The lowest BCUT2D eigenvalue weighted by Crippen LogP contribution is -2.06. The van der Waals surface area contributed by atoms with Crippen LogP contribution in [0.2, 0.25) is 0 Å². The number of nitrogens with zero attached hydrogens (tertiary/aromatic N) is 3. The summed E-state index contributed by atoms with van der Waals surface area (Å²) in [4.78, 5) is 25.4. The Bertz CT molecular complexity index is 1160. The molecule has 2 aromatic carbocycles. The molecule has 1 N–H and O–H groups in total. The molecule has 0 radical (unpaired) electrons. The first kappa shape index (κ1) is 18.4. The molecule has 0 saturated heterocycles. The van der Waals surface area contributed by atoms with Gasteiger partial charge in [-0.25, -0.2) is 0 Å². The molecule has 0 aliphatic rings. The van der Waals surface area contributed by atoms with Crippen molar-refractivity contribution in [2.45, 2.75) is 19.4 Å². The van der Waals surface area contributed by atoms with Crippen molar-refractivity contribution in [1.82, 2.24) is 15.2 Å². The first-order valence-electron chi connectivity index (χ1n) is 8.88. The third-order valence-corrected chi connectivity index (χ3v) is 4.42. The Labute approximate surface area is 164 Å². The quantitative estimate of drug-likeness (QED) is 0.288. The summed E-state index contributed by atoms with van der Waals surface area (Å²) in [5.41, 5.74) is 2.59. The number of aromatic amines is 1. The Balaban J connectivity index is 1.31. The molecule has 0 saturated carbocycles. The van der Waals surface area contributed by atoms with Crippen LogP contribution in [-0.2, 0) is 22.6 Å². The number of fused-ring (bicyclic) bond motifs is 1. The van der Waals surface area contributed by atoms with E-state index in [0.717, 1.165) is 16.5 Å². The van der Waals surface area contributed by atoms with Crippen LogP contribution in [0.4, 0.5) is 5.69 Å². The Kier molecular flexibility index (Phi) is 5.02. The number of benzene rings is 2. The summed E-state index contributed by atoms with van der Waals surface area (Å²) in [5.74, 6) is -0.0195. The molecule has 0 spiro atoms. The fraction of sp³-hybridized carbons (Fsp3) is 0.150. The molecule has 146 valence electrons. The SMILES string of the molecule is O=C(CCc1c[nH]c2ccccc12)OCc1nnc(-c2ccc([N+](=O)[O-])cc2)o1. The fourth-order valence-electron chi connectivity index (χ4n) is 2.94. The monoisotopic (exact) mass is 392 g/mol. The van der Waals surface area contributed by atoms with Crippen LogP contribution in [-0.4, -0.2) is 26.1 Å². The van der Waals surface area contributed by atoms with Crippen molar-refractivity contribution in [3.63, 3.8) is 0 Å². The predicted octanol–water partition coefficient (Wildman–Crippen LogP) is 3.80. The second-order valence-electron chi connectivity index (χ2n) is 6.33. The van der Waals surface area contributed by atoms with E-state index in [9.17, 15) is 14.9 Å². The Morgan fingerprint density at radius 3 is 2.72 bits per heavy atom. The third-order valence-electron chi connectivity index (χ3n) is 4.42. The Morgan fingerprint density at radius 1 is 1.14 bits per heavy atom. The van der Waals surface area contributed by atoms with Crippen LogP contribution in [0.5, 0.6) is 0 Å². The van der Waals surface area contributed by atoms with Gasteiger partial charge in [-0.05, 0) is 30.2 Å². The zero-order valence-electron chi connectivity index (χ0n) is 15.2. The van der Waals surface area contributed by atoms with E-state index in [0.29, 0.717) is 12.0 Å². The second-order valence-corrected chi connectivity index (χ2v) is 6.33. The lowest BCUT2D eigenvalue weighted by molar-refractivity contribution is -0.384. The van der Waals surface area contributed by atoms with Gasteiger partial charge in [0.1, 0.15) is 0 Å². The van der Waals surface area contributed by atoms with Crippen LogP contribution < -0.4 is 0 Å². The lowest BCUT2D eigenvalue weighted by Gasteiger charge is -2.02. The topological polar surface area (TPSA) is 124 Å². The van der Waals surface area contributed by atoms with E-state index in [1.54, 1.807) is 0 Å². The minimum Gasteiger partial charge on any atom is -0.456 e. The number of nitrogens with one attached hydrogen (secondary N) is 1. The van der Waals surface area contributed by atoms with Gasteiger partial charge in [0, 0.05) is 41.2 Å². The Hall–Kier alpha value is -4.01. The fourth-order valence-corrected chi connectivity index (χ4v) is 2.94. The van der Waals surface area contributed by atoms with Crippen molar-refractivity contribution in [1.29, 1.82) is 0 Å². The highest BCUT2D eigenvalue weighted by Gasteiger charge is 2.13. The van der Waals surface area contributed by atoms with Crippen LogP contribution >= 0.6 is 0 Å². The van der Waals surface area contributed by atoms with Gasteiger partial charge >= 0.3 is 5.97 Å². The van der Waals surface area contributed by atoms with E-state index in [-0.39, 0.29) is 36.5 Å². The average molecular weight is 392 g/mol. The standard InChI is InChI=1S/C20H16N4O5/c25-19(10-7-14-11-21-17-4-2-1-3-16(14)17)28-12-18-22-23-20(29-18)13-5-8-15(9-6-13)24(26)27/h1-6,8-9,11,21H,7,10,12H2. The predicted molar refractivity (Wildman–Crippen MR) is 103 cm³/mol. The molecule has 0 aliphatic carbocycles. The molecule has 2 heterocycles. The lowest BCUT2D eigenvalue weighted by atomic mass is 10.1. The summed E-state index contributed by atoms with van der Waals surface area (Å²) in [6, 6.07) is 13.6. The molecule has 0 bridgehead atoms. The normalized spacial score (nSPS) is 10.9. The van der Waals surface area contributed by atoms with Gasteiger partial charge in [0.25, 0.3) is 11.6 Å². The first-order valence-corrected chi connectivity index (χ1v) is 8.88. The maximum atomic E-state index is 12.0. The summed E-state index contributed by atoms with van der Waals surface area (Å²) < 4.78 is 10.7. The summed E-state index contributed by atoms with van der Waals surface area (Å²) in [7, 11) is 0. The van der Waals surface area contributed by atoms with Gasteiger partial charge in [-0.1, -0.05) is 18.2 Å². The van der Waals surface area contributed by atoms with Crippen molar-refractivity contribution in [2.24, 2.45) is 0 Å². The maximum absolute atomic E-state index is 12.0. The number of para-hydroxylation sites is 1. The van der Waals surface area contributed by atoms with Crippen LogP contribution in [0.3, 0.4) is 0 Å². The van der Waals surface area contributed by atoms with Gasteiger partial charge in [0.2, 0.25) is 5.89 Å². The number of esters is 1.